The second kappa shape index (κ2) is 7.89. The fraction of sp³-hybridized carbons (Fsp3) is 0.333. The lowest BCUT2D eigenvalue weighted by Gasteiger charge is -2.18. The quantitative estimate of drug-likeness (QED) is 0.708. The van der Waals surface area contributed by atoms with Gasteiger partial charge in [0.1, 0.15) is 0 Å². The monoisotopic (exact) mass is 428 g/mol. The first-order valence-corrected chi connectivity index (χ1v) is 11.8. The van der Waals surface area contributed by atoms with Gasteiger partial charge in [0.15, 0.2) is 0 Å². The van der Waals surface area contributed by atoms with E-state index in [1.807, 2.05) is 0 Å². The third-order valence-electron chi connectivity index (χ3n) is 4.55. The lowest BCUT2D eigenvalue weighted by atomic mass is 10.2. The van der Waals surface area contributed by atoms with Gasteiger partial charge in [-0.1, -0.05) is 23.7 Å². The summed E-state index contributed by atoms with van der Waals surface area (Å²) < 4.78 is 53.3. The van der Waals surface area contributed by atoms with Gasteiger partial charge in [-0.15, -0.1) is 0 Å². The van der Waals surface area contributed by atoms with Gasteiger partial charge in [-0.05, 0) is 54.8 Å². The summed E-state index contributed by atoms with van der Waals surface area (Å²) in [6, 6.07) is 12.3. The zero-order chi connectivity index (χ0) is 19.7. The highest BCUT2D eigenvalue weighted by molar-refractivity contribution is 7.89. The van der Waals surface area contributed by atoms with Crippen molar-refractivity contribution in [2.45, 2.75) is 29.2 Å². The first-order valence-electron chi connectivity index (χ1n) is 8.52. The van der Waals surface area contributed by atoms with Gasteiger partial charge < -0.3 is 0 Å². The molecule has 3 rings (SSSR count). The fourth-order valence-corrected chi connectivity index (χ4v) is 5.77. The number of hydrogen-bond acceptors (Lipinski definition) is 4. The Morgan fingerprint density at radius 2 is 1.41 bits per heavy atom. The number of hydrogen-bond donors (Lipinski definition) is 0. The van der Waals surface area contributed by atoms with Crippen molar-refractivity contribution in [1.82, 2.24) is 8.61 Å². The Kier molecular flexibility index (Phi) is 5.93. The first-order chi connectivity index (χ1) is 12.7. The summed E-state index contributed by atoms with van der Waals surface area (Å²) in [6.45, 7) is 1.20. The van der Waals surface area contributed by atoms with Crippen LogP contribution in [0, 0.1) is 0 Å². The van der Waals surface area contributed by atoms with E-state index >= 15 is 0 Å². The molecule has 2 aromatic carbocycles. The minimum absolute atomic E-state index is 0.0549. The van der Waals surface area contributed by atoms with Crippen LogP contribution in [-0.2, 0) is 26.6 Å². The zero-order valence-corrected chi connectivity index (χ0v) is 17.3. The Balaban J connectivity index is 1.79. The molecule has 0 spiro atoms. The Hall–Kier alpha value is -1.45. The van der Waals surface area contributed by atoms with E-state index in [4.69, 9.17) is 11.6 Å². The number of halogens is 1. The topological polar surface area (TPSA) is 74.8 Å². The number of nitrogens with zero attached hydrogens (tertiary/aromatic N) is 2. The molecule has 0 unspecified atom stereocenters. The highest BCUT2D eigenvalue weighted by Crippen LogP contribution is 2.24. The van der Waals surface area contributed by atoms with Crippen LogP contribution in [0.15, 0.2) is 58.3 Å². The molecule has 0 aliphatic carbocycles. The third-order valence-corrected chi connectivity index (χ3v) is 8.54. The molecule has 0 atom stereocenters. The van der Waals surface area contributed by atoms with Crippen LogP contribution in [0.25, 0.3) is 0 Å². The van der Waals surface area contributed by atoms with E-state index in [1.165, 1.54) is 39.9 Å². The molecule has 0 bridgehead atoms. The van der Waals surface area contributed by atoms with Crippen LogP contribution < -0.4 is 0 Å². The average Bonchev–Trinajstić information content (AvgIpc) is 3.19. The standard InChI is InChI=1S/C18H21ClN2O4S2/c1-20(14-15-4-6-16(19)7-5-15)26(22,23)17-8-10-18(11-9-17)27(24,25)21-12-2-3-13-21/h4-11H,2-3,12-14H2,1H3. The summed E-state index contributed by atoms with van der Waals surface area (Å²) in [5, 5.41) is 0.582. The average molecular weight is 429 g/mol. The molecule has 0 N–H and O–H groups in total. The highest BCUT2D eigenvalue weighted by atomic mass is 35.5. The van der Waals surface area contributed by atoms with Gasteiger partial charge >= 0.3 is 0 Å². The van der Waals surface area contributed by atoms with Crippen LogP contribution in [0.4, 0.5) is 0 Å². The van der Waals surface area contributed by atoms with Crippen LogP contribution in [-0.4, -0.2) is 45.6 Å². The molecule has 1 fully saturated rings. The predicted molar refractivity (Wildman–Crippen MR) is 105 cm³/mol. The van der Waals surface area contributed by atoms with E-state index in [1.54, 1.807) is 24.3 Å². The molecule has 1 aliphatic heterocycles. The highest BCUT2D eigenvalue weighted by Gasteiger charge is 2.28. The van der Waals surface area contributed by atoms with Crippen molar-refractivity contribution in [3.8, 4) is 0 Å². The molecule has 0 amide bonds. The van der Waals surface area contributed by atoms with Gasteiger partial charge in [0.25, 0.3) is 0 Å². The van der Waals surface area contributed by atoms with E-state index in [2.05, 4.69) is 0 Å². The lowest BCUT2D eigenvalue weighted by molar-refractivity contribution is 0.466. The normalized spacial score (nSPS) is 16.1. The van der Waals surface area contributed by atoms with Gasteiger partial charge in [-0.25, -0.2) is 16.8 Å². The van der Waals surface area contributed by atoms with Crippen LogP contribution >= 0.6 is 11.6 Å². The van der Waals surface area contributed by atoms with Gasteiger partial charge in [-0.2, -0.15) is 8.61 Å². The van der Waals surface area contributed by atoms with Crippen molar-refractivity contribution in [3.05, 3.63) is 59.1 Å². The van der Waals surface area contributed by atoms with E-state index in [-0.39, 0.29) is 16.3 Å². The minimum Gasteiger partial charge on any atom is -0.207 e. The smallest absolute Gasteiger partial charge is 0.207 e. The van der Waals surface area contributed by atoms with Crippen LogP contribution in [0.3, 0.4) is 0 Å². The van der Waals surface area contributed by atoms with Crippen molar-refractivity contribution in [2.24, 2.45) is 0 Å². The lowest BCUT2D eigenvalue weighted by Crippen LogP contribution is -2.28. The van der Waals surface area contributed by atoms with Gasteiger partial charge in [0.2, 0.25) is 20.0 Å². The molecule has 2 aromatic rings. The third kappa shape index (κ3) is 4.35. The predicted octanol–water partition coefficient (Wildman–Crippen LogP) is 2.95. The van der Waals surface area contributed by atoms with Crippen molar-refractivity contribution in [3.63, 3.8) is 0 Å². The molecule has 1 heterocycles. The van der Waals surface area contributed by atoms with Crippen molar-refractivity contribution >= 4 is 31.6 Å². The Labute approximate surface area is 165 Å². The maximum atomic E-state index is 12.8. The molecule has 146 valence electrons. The fourth-order valence-electron chi connectivity index (χ4n) is 2.97. The summed E-state index contributed by atoms with van der Waals surface area (Å²) in [7, 11) is -5.81. The molecule has 27 heavy (non-hydrogen) atoms. The summed E-state index contributed by atoms with van der Waals surface area (Å²) in [5.74, 6) is 0. The minimum atomic E-state index is -3.74. The van der Waals surface area contributed by atoms with Crippen molar-refractivity contribution in [1.29, 1.82) is 0 Å². The number of sulfonamides is 2. The second-order valence-electron chi connectivity index (χ2n) is 6.47. The van der Waals surface area contributed by atoms with E-state index in [0.717, 1.165) is 18.4 Å². The van der Waals surface area contributed by atoms with Crippen LogP contribution in [0.1, 0.15) is 18.4 Å². The molecule has 0 aromatic heterocycles. The Morgan fingerprint density at radius 3 is 1.96 bits per heavy atom. The van der Waals surface area contributed by atoms with E-state index < -0.39 is 20.0 Å². The molecule has 1 aliphatic rings. The Bertz CT molecular complexity index is 998. The summed E-state index contributed by atoms with van der Waals surface area (Å²) >= 11 is 5.85. The molecule has 0 saturated carbocycles. The van der Waals surface area contributed by atoms with Gasteiger partial charge in [0, 0.05) is 31.7 Å². The number of benzene rings is 2. The molecule has 6 nitrogen and oxygen atoms in total. The first kappa shape index (κ1) is 20.3. The van der Waals surface area contributed by atoms with E-state index in [9.17, 15) is 16.8 Å². The molecule has 0 radical (unpaired) electrons. The van der Waals surface area contributed by atoms with Gasteiger partial charge in [0.05, 0.1) is 9.79 Å². The largest absolute Gasteiger partial charge is 0.243 e. The maximum Gasteiger partial charge on any atom is 0.243 e. The molecular weight excluding hydrogens is 408 g/mol. The van der Waals surface area contributed by atoms with Crippen LogP contribution in [0.2, 0.25) is 5.02 Å². The zero-order valence-electron chi connectivity index (χ0n) is 14.9. The molecule has 9 heteroatoms. The number of rotatable bonds is 6. The SMILES string of the molecule is CN(Cc1ccc(Cl)cc1)S(=O)(=O)c1ccc(S(=O)(=O)N2CCCC2)cc1. The van der Waals surface area contributed by atoms with Crippen LogP contribution in [0.5, 0.6) is 0 Å². The van der Waals surface area contributed by atoms with Gasteiger partial charge in [-0.3, -0.25) is 0 Å². The molecular formula is C18H21ClN2O4S2. The second-order valence-corrected chi connectivity index (χ2v) is 10.9. The summed E-state index contributed by atoms with van der Waals surface area (Å²) in [4.78, 5) is 0.169. The van der Waals surface area contributed by atoms with E-state index in [0.29, 0.717) is 18.1 Å². The molecule has 1 saturated heterocycles. The van der Waals surface area contributed by atoms with Crippen molar-refractivity contribution in [2.75, 3.05) is 20.1 Å². The van der Waals surface area contributed by atoms with Crippen molar-refractivity contribution < 1.29 is 16.8 Å². The summed E-state index contributed by atoms with van der Waals surface area (Å²) in [6.07, 6.45) is 1.70. The maximum absolute atomic E-state index is 12.8. The summed E-state index contributed by atoms with van der Waals surface area (Å²) in [5.41, 5.74) is 0.804. The Morgan fingerprint density at radius 1 is 0.889 bits per heavy atom.